The third-order valence-corrected chi connectivity index (χ3v) is 8.71. The fourth-order valence-electron chi connectivity index (χ4n) is 2.18. The minimum atomic E-state index is -3.82. The van der Waals surface area contributed by atoms with Crippen molar-refractivity contribution in [2.75, 3.05) is 10.5 Å². The van der Waals surface area contributed by atoms with Crippen LogP contribution in [0.4, 0.5) is 5.69 Å². The van der Waals surface area contributed by atoms with Crippen LogP contribution >= 0.6 is 22.9 Å². The van der Waals surface area contributed by atoms with Crippen molar-refractivity contribution in [2.24, 2.45) is 0 Å². The van der Waals surface area contributed by atoms with Gasteiger partial charge in [0.2, 0.25) is 14.2 Å². The molecule has 0 amide bonds. The van der Waals surface area contributed by atoms with E-state index in [-0.39, 0.29) is 15.0 Å². The lowest BCUT2D eigenvalue weighted by molar-refractivity contribution is 0.596. The van der Waals surface area contributed by atoms with Gasteiger partial charge in [-0.2, -0.15) is 0 Å². The normalized spacial score (nSPS) is 12.4. The van der Waals surface area contributed by atoms with Crippen LogP contribution in [0.3, 0.4) is 0 Å². The zero-order valence-electron chi connectivity index (χ0n) is 13.9. The number of hydrogen-bond acceptors (Lipinski definition) is 6. The van der Waals surface area contributed by atoms with Crippen LogP contribution in [0.1, 0.15) is 12.5 Å². The lowest BCUT2D eigenvalue weighted by Crippen LogP contribution is -2.12. The number of aryl methyl sites for hydroxylation is 1. The first kappa shape index (κ1) is 19.1. The third kappa shape index (κ3) is 3.71. The second-order valence-electron chi connectivity index (χ2n) is 5.58. The van der Waals surface area contributed by atoms with Crippen molar-refractivity contribution in [2.45, 2.75) is 23.1 Å². The predicted octanol–water partition coefficient (Wildman–Crippen LogP) is 3.85. The van der Waals surface area contributed by atoms with Gasteiger partial charge in [0, 0.05) is 5.02 Å². The highest BCUT2D eigenvalue weighted by molar-refractivity contribution is 7.93. The van der Waals surface area contributed by atoms with Crippen LogP contribution < -0.4 is 4.72 Å². The van der Waals surface area contributed by atoms with Crippen molar-refractivity contribution in [3.8, 4) is 0 Å². The van der Waals surface area contributed by atoms with Crippen LogP contribution in [0, 0.1) is 6.92 Å². The van der Waals surface area contributed by atoms with Crippen LogP contribution in [0.2, 0.25) is 5.02 Å². The number of nitrogens with one attached hydrogen (secondary N) is 1. The molecule has 1 heterocycles. The maximum atomic E-state index is 12.5. The lowest BCUT2D eigenvalue weighted by atomic mass is 10.2. The standard InChI is InChI=1S/C16H15ClN2O4S3/c1-3-25(20,21)16-18-14-7-5-11(8-15(14)24-16)19-26(22,23)12-6-4-10(2)13(17)9-12/h4-9,19H,3H2,1-2H3. The van der Waals surface area contributed by atoms with Crippen LogP contribution in [0.5, 0.6) is 0 Å². The molecule has 3 aromatic rings. The highest BCUT2D eigenvalue weighted by Crippen LogP contribution is 2.29. The summed E-state index contributed by atoms with van der Waals surface area (Å²) in [5.74, 6) is -0.0412. The fraction of sp³-hybridized carbons (Fsp3) is 0.188. The van der Waals surface area contributed by atoms with Crippen LogP contribution in [-0.4, -0.2) is 27.6 Å². The second-order valence-corrected chi connectivity index (χ2v) is 11.2. The third-order valence-electron chi connectivity index (χ3n) is 3.72. The summed E-state index contributed by atoms with van der Waals surface area (Å²) in [6.07, 6.45) is 0. The van der Waals surface area contributed by atoms with E-state index < -0.39 is 19.9 Å². The van der Waals surface area contributed by atoms with E-state index in [1.165, 1.54) is 18.2 Å². The number of sulfonamides is 1. The molecule has 10 heteroatoms. The quantitative estimate of drug-likeness (QED) is 0.663. The number of halogens is 1. The first-order valence-electron chi connectivity index (χ1n) is 7.55. The van der Waals surface area contributed by atoms with Gasteiger partial charge in [-0.25, -0.2) is 21.8 Å². The SMILES string of the molecule is CCS(=O)(=O)c1nc2ccc(NS(=O)(=O)c3ccc(C)c(Cl)c3)cc2s1. The monoisotopic (exact) mass is 430 g/mol. The van der Waals surface area contributed by atoms with Crippen LogP contribution in [0.25, 0.3) is 10.2 Å². The second kappa shape index (κ2) is 6.80. The van der Waals surface area contributed by atoms with Gasteiger partial charge >= 0.3 is 0 Å². The van der Waals surface area contributed by atoms with Gasteiger partial charge in [0.05, 0.1) is 26.6 Å². The van der Waals surface area contributed by atoms with Crippen LogP contribution in [-0.2, 0) is 19.9 Å². The Labute approximate surface area is 160 Å². The molecular weight excluding hydrogens is 416 g/mol. The molecule has 2 aromatic carbocycles. The van der Waals surface area contributed by atoms with E-state index in [2.05, 4.69) is 9.71 Å². The predicted molar refractivity (Wildman–Crippen MR) is 104 cm³/mol. The average molecular weight is 431 g/mol. The van der Waals surface area contributed by atoms with E-state index in [4.69, 9.17) is 11.6 Å². The molecule has 6 nitrogen and oxygen atoms in total. The number of fused-ring (bicyclic) bond motifs is 1. The highest BCUT2D eigenvalue weighted by atomic mass is 35.5. The van der Waals surface area contributed by atoms with Gasteiger partial charge in [-0.05, 0) is 42.8 Å². The summed E-state index contributed by atoms with van der Waals surface area (Å²) < 4.78 is 52.1. The number of sulfone groups is 1. The van der Waals surface area contributed by atoms with Crippen molar-refractivity contribution < 1.29 is 16.8 Å². The summed E-state index contributed by atoms with van der Waals surface area (Å²) in [5.41, 5.74) is 1.60. The highest BCUT2D eigenvalue weighted by Gasteiger charge is 2.19. The van der Waals surface area contributed by atoms with Crippen molar-refractivity contribution >= 4 is 58.7 Å². The molecule has 0 aliphatic carbocycles. The maximum Gasteiger partial charge on any atom is 0.261 e. The van der Waals surface area contributed by atoms with Crippen LogP contribution in [0.15, 0.2) is 45.6 Å². The summed E-state index contributed by atoms with van der Waals surface area (Å²) in [7, 11) is -7.22. The summed E-state index contributed by atoms with van der Waals surface area (Å²) in [5, 5.41) is 0.361. The van der Waals surface area contributed by atoms with Gasteiger partial charge in [-0.1, -0.05) is 24.6 Å². The van der Waals surface area contributed by atoms with E-state index in [0.29, 0.717) is 20.9 Å². The Morgan fingerprint density at radius 3 is 2.50 bits per heavy atom. The molecule has 0 radical (unpaired) electrons. The average Bonchev–Trinajstić information content (AvgIpc) is 3.01. The summed E-state index contributed by atoms with van der Waals surface area (Å²) in [6.45, 7) is 3.33. The number of thiazole rings is 1. The Bertz CT molecular complexity index is 1200. The maximum absolute atomic E-state index is 12.5. The summed E-state index contributed by atoms with van der Waals surface area (Å²) in [4.78, 5) is 4.16. The molecule has 0 bridgehead atoms. The van der Waals surface area contributed by atoms with Gasteiger partial charge in [-0.3, -0.25) is 4.72 Å². The van der Waals surface area contributed by atoms with Gasteiger partial charge in [-0.15, -0.1) is 11.3 Å². The van der Waals surface area contributed by atoms with Crippen molar-refractivity contribution in [3.05, 3.63) is 47.0 Å². The van der Waals surface area contributed by atoms with Gasteiger partial charge in [0.1, 0.15) is 0 Å². The topological polar surface area (TPSA) is 93.2 Å². The molecule has 0 saturated carbocycles. The number of aromatic nitrogens is 1. The van der Waals surface area contributed by atoms with Crippen molar-refractivity contribution in [1.82, 2.24) is 4.98 Å². The van der Waals surface area contributed by atoms with Crippen molar-refractivity contribution in [3.63, 3.8) is 0 Å². The molecule has 0 atom stereocenters. The Hall–Kier alpha value is -1.68. The van der Waals surface area contributed by atoms with Gasteiger partial charge < -0.3 is 0 Å². The first-order chi connectivity index (χ1) is 12.1. The molecule has 26 heavy (non-hydrogen) atoms. The van der Waals surface area contributed by atoms with E-state index in [1.54, 1.807) is 32.0 Å². The Morgan fingerprint density at radius 2 is 1.85 bits per heavy atom. The molecule has 0 fully saturated rings. The lowest BCUT2D eigenvalue weighted by Gasteiger charge is -2.09. The molecule has 0 aliphatic rings. The Balaban J connectivity index is 1.96. The van der Waals surface area contributed by atoms with E-state index in [9.17, 15) is 16.8 Å². The Kier molecular flexibility index (Phi) is 5.00. The largest absolute Gasteiger partial charge is 0.280 e. The fourth-order valence-corrected chi connectivity index (χ4v) is 5.85. The molecule has 1 N–H and O–H groups in total. The zero-order valence-corrected chi connectivity index (χ0v) is 17.1. The molecule has 3 rings (SSSR count). The minimum absolute atomic E-state index is 0.0281. The number of nitrogens with zero attached hydrogens (tertiary/aromatic N) is 1. The van der Waals surface area contributed by atoms with E-state index >= 15 is 0 Å². The number of benzene rings is 2. The molecular formula is C16H15ClN2O4S3. The smallest absolute Gasteiger partial charge is 0.261 e. The number of anilines is 1. The van der Waals surface area contributed by atoms with E-state index in [1.807, 2.05) is 0 Å². The molecule has 1 aromatic heterocycles. The summed E-state index contributed by atoms with van der Waals surface area (Å²) in [6, 6.07) is 9.18. The van der Waals surface area contributed by atoms with Gasteiger partial charge in [0.25, 0.3) is 10.0 Å². The molecule has 0 saturated heterocycles. The van der Waals surface area contributed by atoms with E-state index in [0.717, 1.165) is 16.9 Å². The molecule has 138 valence electrons. The van der Waals surface area contributed by atoms with Crippen molar-refractivity contribution in [1.29, 1.82) is 0 Å². The first-order valence-corrected chi connectivity index (χ1v) is 11.9. The number of hydrogen-bond donors (Lipinski definition) is 1. The zero-order chi connectivity index (χ0) is 19.1. The molecule has 0 aliphatic heterocycles. The molecule has 0 spiro atoms. The van der Waals surface area contributed by atoms with Gasteiger partial charge in [0.15, 0.2) is 0 Å². The number of rotatable bonds is 5. The summed E-state index contributed by atoms with van der Waals surface area (Å²) >= 11 is 7.02. The minimum Gasteiger partial charge on any atom is -0.280 e. The Morgan fingerprint density at radius 1 is 1.12 bits per heavy atom. The molecule has 0 unspecified atom stereocenters.